The number of hydrogen-bond acceptors (Lipinski definition) is 2. The first-order valence-corrected chi connectivity index (χ1v) is 21.2. The Balaban J connectivity index is 1.23. The van der Waals surface area contributed by atoms with Crippen molar-refractivity contribution in [3.8, 4) is 61.8 Å². The molecule has 0 amide bonds. The van der Waals surface area contributed by atoms with E-state index in [1.807, 2.05) is 0 Å². The van der Waals surface area contributed by atoms with Crippen molar-refractivity contribution >= 4 is 21.8 Å². The summed E-state index contributed by atoms with van der Waals surface area (Å²) in [5, 5.41) is 2.30. The summed E-state index contributed by atoms with van der Waals surface area (Å²) in [5.41, 5.74) is 17.3. The Kier molecular flexibility index (Phi) is 8.39. The Bertz CT molecular complexity index is 3390. The number of nitrogens with zero attached hydrogens (tertiary/aromatic N) is 3. The summed E-state index contributed by atoms with van der Waals surface area (Å²) in [7, 11) is 0. The van der Waals surface area contributed by atoms with Gasteiger partial charge in [-0.25, -0.2) is 9.97 Å². The van der Waals surface area contributed by atoms with Crippen LogP contribution < -0.4 is 0 Å². The molecule has 0 unspecified atom stereocenters. The van der Waals surface area contributed by atoms with Crippen molar-refractivity contribution in [2.45, 2.75) is 5.41 Å². The molecule has 2 aromatic heterocycles. The molecule has 62 heavy (non-hydrogen) atoms. The molecule has 0 atom stereocenters. The van der Waals surface area contributed by atoms with Gasteiger partial charge in [0.2, 0.25) is 5.95 Å². The molecule has 2 heterocycles. The Morgan fingerprint density at radius 1 is 0.339 bits per heavy atom. The highest BCUT2D eigenvalue weighted by Crippen LogP contribution is 2.59. The lowest BCUT2D eigenvalue weighted by Crippen LogP contribution is -2.29. The van der Waals surface area contributed by atoms with Crippen molar-refractivity contribution in [1.82, 2.24) is 14.5 Å². The van der Waals surface area contributed by atoms with Crippen LogP contribution in [0.1, 0.15) is 22.3 Å². The molecule has 0 fully saturated rings. The van der Waals surface area contributed by atoms with E-state index in [0.29, 0.717) is 5.95 Å². The third-order valence-electron chi connectivity index (χ3n) is 12.7. The molecule has 12 rings (SSSR count). The molecule has 0 saturated heterocycles. The summed E-state index contributed by atoms with van der Waals surface area (Å²) >= 11 is 0. The highest BCUT2D eigenvalue weighted by atomic mass is 15.2. The predicted molar refractivity (Wildman–Crippen MR) is 255 cm³/mol. The van der Waals surface area contributed by atoms with E-state index in [-0.39, 0.29) is 0 Å². The summed E-state index contributed by atoms with van der Waals surface area (Å²) in [6, 6.07) is 85.2. The van der Waals surface area contributed by atoms with Crippen LogP contribution in [-0.4, -0.2) is 14.5 Å². The highest BCUT2D eigenvalue weighted by Gasteiger charge is 2.48. The number of aromatic nitrogens is 3. The van der Waals surface area contributed by atoms with Gasteiger partial charge in [0.05, 0.1) is 27.8 Å². The zero-order valence-electron chi connectivity index (χ0n) is 33.9. The SMILES string of the molecule is c1ccc(-c2cccc(-c3cc(-c4ccccc4)nc(-n4c5ccc(-c6ccccc6)cc5c5ccc6c(c54)C(c4ccccc4)(c4ccccc4)c4ccccc4-6)n3)c2)cc1. The lowest BCUT2D eigenvalue weighted by molar-refractivity contribution is 0.770. The third-order valence-corrected chi connectivity index (χ3v) is 12.7. The summed E-state index contributed by atoms with van der Waals surface area (Å²) in [6.07, 6.45) is 0. The van der Waals surface area contributed by atoms with E-state index in [9.17, 15) is 0 Å². The molecule has 0 N–H and O–H groups in total. The molecule has 3 heteroatoms. The first kappa shape index (κ1) is 35.8. The molecule has 11 aromatic rings. The molecular formula is C59H39N3. The van der Waals surface area contributed by atoms with Crippen LogP contribution in [0.5, 0.6) is 0 Å². The van der Waals surface area contributed by atoms with Crippen molar-refractivity contribution in [2.24, 2.45) is 0 Å². The molecule has 1 aliphatic carbocycles. The second kappa shape index (κ2) is 14.5. The van der Waals surface area contributed by atoms with E-state index in [1.54, 1.807) is 0 Å². The smallest absolute Gasteiger partial charge is 0.235 e. The van der Waals surface area contributed by atoms with Crippen molar-refractivity contribution in [2.75, 3.05) is 0 Å². The largest absolute Gasteiger partial charge is 0.278 e. The van der Waals surface area contributed by atoms with E-state index >= 15 is 0 Å². The molecule has 0 aliphatic heterocycles. The van der Waals surface area contributed by atoms with Crippen LogP contribution in [0.15, 0.2) is 237 Å². The number of fused-ring (bicyclic) bond motifs is 7. The Hall–Kier alpha value is -8.14. The topological polar surface area (TPSA) is 30.7 Å². The van der Waals surface area contributed by atoms with E-state index in [4.69, 9.17) is 9.97 Å². The van der Waals surface area contributed by atoms with E-state index < -0.39 is 5.41 Å². The van der Waals surface area contributed by atoms with Crippen molar-refractivity contribution in [1.29, 1.82) is 0 Å². The van der Waals surface area contributed by atoms with Crippen molar-refractivity contribution in [3.63, 3.8) is 0 Å². The van der Waals surface area contributed by atoms with Crippen LogP contribution in [0.25, 0.3) is 83.6 Å². The van der Waals surface area contributed by atoms with Gasteiger partial charge >= 0.3 is 0 Å². The van der Waals surface area contributed by atoms with Crippen LogP contribution in [0.3, 0.4) is 0 Å². The maximum absolute atomic E-state index is 5.61. The quantitative estimate of drug-likeness (QED) is 0.161. The zero-order chi connectivity index (χ0) is 41.0. The summed E-state index contributed by atoms with van der Waals surface area (Å²) in [5.74, 6) is 0.623. The molecule has 9 aromatic carbocycles. The number of benzene rings is 9. The summed E-state index contributed by atoms with van der Waals surface area (Å²) < 4.78 is 2.36. The Labute approximate surface area is 360 Å². The van der Waals surface area contributed by atoms with Gasteiger partial charge in [-0.1, -0.05) is 212 Å². The predicted octanol–water partition coefficient (Wildman–Crippen LogP) is 14.6. The highest BCUT2D eigenvalue weighted by molar-refractivity contribution is 6.14. The first-order valence-electron chi connectivity index (χ1n) is 21.2. The van der Waals surface area contributed by atoms with Gasteiger partial charge in [-0.2, -0.15) is 0 Å². The van der Waals surface area contributed by atoms with Crippen molar-refractivity contribution in [3.05, 3.63) is 259 Å². The third kappa shape index (κ3) is 5.59. The maximum Gasteiger partial charge on any atom is 0.235 e. The van der Waals surface area contributed by atoms with E-state index in [0.717, 1.165) is 61.0 Å². The van der Waals surface area contributed by atoms with Gasteiger partial charge < -0.3 is 0 Å². The molecule has 0 saturated carbocycles. The van der Waals surface area contributed by atoms with Crippen LogP contribution in [-0.2, 0) is 5.41 Å². The maximum atomic E-state index is 5.61. The fourth-order valence-electron chi connectivity index (χ4n) is 9.98. The zero-order valence-corrected chi connectivity index (χ0v) is 33.9. The lowest BCUT2D eigenvalue weighted by Gasteiger charge is -2.34. The monoisotopic (exact) mass is 789 g/mol. The molecule has 0 spiro atoms. The van der Waals surface area contributed by atoms with Crippen LogP contribution in [0.2, 0.25) is 0 Å². The average Bonchev–Trinajstić information content (AvgIpc) is 3.86. The van der Waals surface area contributed by atoms with Crippen LogP contribution in [0.4, 0.5) is 0 Å². The molecular weight excluding hydrogens is 751 g/mol. The van der Waals surface area contributed by atoms with E-state index in [2.05, 4.69) is 241 Å². The fourth-order valence-corrected chi connectivity index (χ4v) is 9.98. The van der Waals surface area contributed by atoms with Crippen molar-refractivity contribution < 1.29 is 0 Å². The second-order valence-corrected chi connectivity index (χ2v) is 16.1. The van der Waals surface area contributed by atoms with Crippen LogP contribution in [0, 0.1) is 0 Å². The van der Waals surface area contributed by atoms with Crippen LogP contribution >= 0.6 is 0 Å². The lowest BCUT2D eigenvalue weighted by atomic mass is 9.67. The minimum absolute atomic E-state index is 0.623. The number of hydrogen-bond donors (Lipinski definition) is 0. The van der Waals surface area contributed by atoms with Gasteiger partial charge in [-0.05, 0) is 74.3 Å². The minimum Gasteiger partial charge on any atom is -0.278 e. The minimum atomic E-state index is -0.647. The number of rotatable bonds is 7. The standard InChI is InChI=1S/C59H39N3/c1-6-19-40(20-7-1)43-25-18-26-45(37-43)54-39-53(42-23-10-3-11-24-42)60-58(61-54)62-55-36-33-44(41-21-8-2-9-22-41)38-51(55)50-35-34-49-48-31-16-17-32-52(48)59(56(49)57(50)62,46-27-12-4-13-28-46)47-29-14-5-15-30-47/h1-39H. The normalized spacial score (nSPS) is 12.6. The van der Waals surface area contributed by atoms with Gasteiger partial charge in [-0.15, -0.1) is 0 Å². The molecule has 3 nitrogen and oxygen atoms in total. The molecule has 290 valence electrons. The molecule has 1 aliphatic rings. The second-order valence-electron chi connectivity index (χ2n) is 16.1. The van der Waals surface area contributed by atoms with Gasteiger partial charge in [0, 0.05) is 27.5 Å². The van der Waals surface area contributed by atoms with Gasteiger partial charge in [0.25, 0.3) is 0 Å². The molecule has 0 bridgehead atoms. The Morgan fingerprint density at radius 2 is 0.855 bits per heavy atom. The van der Waals surface area contributed by atoms with E-state index in [1.165, 1.54) is 38.9 Å². The van der Waals surface area contributed by atoms with Gasteiger partial charge in [0.15, 0.2) is 0 Å². The van der Waals surface area contributed by atoms with Gasteiger partial charge in [0.1, 0.15) is 0 Å². The fraction of sp³-hybridized carbons (Fsp3) is 0.0169. The Morgan fingerprint density at radius 3 is 1.50 bits per heavy atom. The summed E-state index contributed by atoms with van der Waals surface area (Å²) in [4.78, 5) is 11.2. The summed E-state index contributed by atoms with van der Waals surface area (Å²) in [6.45, 7) is 0. The van der Waals surface area contributed by atoms with Gasteiger partial charge in [-0.3, -0.25) is 4.57 Å². The molecule has 0 radical (unpaired) electrons. The average molecular weight is 790 g/mol. The first-order chi connectivity index (χ1) is 30.8.